The van der Waals surface area contributed by atoms with Gasteiger partial charge in [0.05, 0.1) is 12.6 Å². The van der Waals surface area contributed by atoms with Gasteiger partial charge in [0.1, 0.15) is 0 Å². The normalized spacial score (nSPS) is 12.9. The van der Waals surface area contributed by atoms with Crippen molar-refractivity contribution in [2.45, 2.75) is 6.04 Å². The van der Waals surface area contributed by atoms with Crippen molar-refractivity contribution in [1.82, 2.24) is 5.32 Å². The van der Waals surface area contributed by atoms with Gasteiger partial charge in [-0.05, 0) is 18.7 Å². The molecule has 0 amide bonds. The average molecular weight is 186 g/mol. The molecule has 0 aliphatic carbocycles. The van der Waals surface area contributed by atoms with Gasteiger partial charge in [-0.2, -0.15) is 0 Å². The summed E-state index contributed by atoms with van der Waals surface area (Å²) in [5.74, 6) is 0. The Morgan fingerprint density at radius 1 is 1.50 bits per heavy atom. The summed E-state index contributed by atoms with van der Waals surface area (Å²) in [4.78, 5) is 0. The van der Waals surface area contributed by atoms with Gasteiger partial charge in [-0.25, -0.2) is 0 Å². The molecule has 1 atom stereocenters. The van der Waals surface area contributed by atoms with Crippen LogP contribution >= 0.6 is 11.6 Å². The minimum absolute atomic E-state index is 0.0558. The molecular formula is C9H12ClNO. The van der Waals surface area contributed by atoms with E-state index in [1.165, 1.54) is 0 Å². The van der Waals surface area contributed by atoms with Crippen LogP contribution in [0.5, 0.6) is 0 Å². The molecule has 0 aliphatic heterocycles. The first kappa shape index (κ1) is 9.52. The van der Waals surface area contributed by atoms with Gasteiger partial charge in [0, 0.05) is 5.02 Å². The van der Waals surface area contributed by atoms with Gasteiger partial charge >= 0.3 is 0 Å². The standard InChI is InChI=1S/C9H12ClNO/c1-11-9(6-12)7-4-2-3-5-8(7)10/h2-5,9,11-12H,6H2,1H3/t9-/m0/s1. The third-order valence-corrected chi connectivity index (χ3v) is 2.16. The highest BCUT2D eigenvalue weighted by Crippen LogP contribution is 2.21. The van der Waals surface area contributed by atoms with Crippen molar-refractivity contribution < 1.29 is 5.11 Å². The minimum atomic E-state index is -0.0706. The van der Waals surface area contributed by atoms with Crippen LogP contribution in [0.15, 0.2) is 24.3 Å². The maximum absolute atomic E-state index is 8.98. The van der Waals surface area contributed by atoms with Crippen molar-refractivity contribution in [3.63, 3.8) is 0 Å². The molecule has 0 radical (unpaired) electrons. The lowest BCUT2D eigenvalue weighted by atomic mass is 10.1. The zero-order valence-corrected chi connectivity index (χ0v) is 7.67. The van der Waals surface area contributed by atoms with E-state index in [9.17, 15) is 0 Å². The maximum Gasteiger partial charge on any atom is 0.0626 e. The van der Waals surface area contributed by atoms with E-state index < -0.39 is 0 Å². The fourth-order valence-electron chi connectivity index (χ4n) is 1.10. The van der Waals surface area contributed by atoms with E-state index in [1.807, 2.05) is 24.3 Å². The van der Waals surface area contributed by atoms with Gasteiger partial charge in [-0.1, -0.05) is 29.8 Å². The molecule has 0 spiro atoms. The Kier molecular flexibility index (Phi) is 3.53. The molecule has 0 heterocycles. The lowest BCUT2D eigenvalue weighted by Crippen LogP contribution is -2.20. The van der Waals surface area contributed by atoms with Gasteiger partial charge in [0.15, 0.2) is 0 Å². The topological polar surface area (TPSA) is 32.3 Å². The van der Waals surface area contributed by atoms with Crippen molar-refractivity contribution in [3.05, 3.63) is 34.9 Å². The van der Waals surface area contributed by atoms with Gasteiger partial charge in [-0.15, -0.1) is 0 Å². The Labute approximate surface area is 77.2 Å². The molecule has 3 heteroatoms. The number of aliphatic hydroxyl groups excluding tert-OH is 1. The number of aliphatic hydroxyl groups is 1. The summed E-state index contributed by atoms with van der Waals surface area (Å²) in [6, 6.07) is 7.42. The second kappa shape index (κ2) is 4.45. The minimum Gasteiger partial charge on any atom is -0.394 e. The molecule has 0 saturated carbocycles. The van der Waals surface area contributed by atoms with Crippen LogP contribution in [0.4, 0.5) is 0 Å². The van der Waals surface area contributed by atoms with E-state index in [0.717, 1.165) is 5.56 Å². The van der Waals surface area contributed by atoms with E-state index in [4.69, 9.17) is 16.7 Å². The first-order chi connectivity index (χ1) is 5.79. The van der Waals surface area contributed by atoms with Crippen LogP contribution in [-0.2, 0) is 0 Å². The first-order valence-electron chi connectivity index (χ1n) is 3.82. The number of rotatable bonds is 3. The number of nitrogens with one attached hydrogen (secondary N) is 1. The third kappa shape index (κ3) is 1.97. The highest BCUT2D eigenvalue weighted by Gasteiger charge is 2.09. The Balaban J connectivity index is 2.92. The quantitative estimate of drug-likeness (QED) is 0.750. The van der Waals surface area contributed by atoms with E-state index >= 15 is 0 Å². The Bertz CT molecular complexity index is 248. The van der Waals surface area contributed by atoms with Gasteiger partial charge in [0.25, 0.3) is 0 Å². The van der Waals surface area contributed by atoms with Crippen molar-refractivity contribution >= 4 is 11.6 Å². The third-order valence-electron chi connectivity index (χ3n) is 1.81. The molecular weight excluding hydrogens is 174 g/mol. The van der Waals surface area contributed by atoms with Crippen LogP contribution in [0.1, 0.15) is 11.6 Å². The van der Waals surface area contributed by atoms with Crippen molar-refractivity contribution in [2.75, 3.05) is 13.7 Å². The second-order valence-electron chi connectivity index (χ2n) is 2.55. The summed E-state index contributed by atoms with van der Waals surface area (Å²) in [5.41, 5.74) is 0.934. The lowest BCUT2D eigenvalue weighted by Gasteiger charge is -2.14. The van der Waals surface area contributed by atoms with Crippen LogP contribution in [0.25, 0.3) is 0 Å². The summed E-state index contributed by atoms with van der Waals surface area (Å²) in [7, 11) is 1.80. The summed E-state index contributed by atoms with van der Waals surface area (Å²) < 4.78 is 0. The van der Waals surface area contributed by atoms with E-state index in [0.29, 0.717) is 5.02 Å². The zero-order valence-electron chi connectivity index (χ0n) is 6.92. The monoisotopic (exact) mass is 185 g/mol. The fraction of sp³-hybridized carbons (Fsp3) is 0.333. The Morgan fingerprint density at radius 3 is 2.67 bits per heavy atom. The molecule has 0 bridgehead atoms. The number of halogens is 1. The van der Waals surface area contributed by atoms with Crippen LogP contribution in [0, 0.1) is 0 Å². The van der Waals surface area contributed by atoms with Gasteiger partial charge in [-0.3, -0.25) is 0 Å². The molecule has 0 saturated heterocycles. The van der Waals surface area contributed by atoms with Gasteiger partial charge in [0.2, 0.25) is 0 Å². The Hall–Kier alpha value is -0.570. The van der Waals surface area contributed by atoms with Crippen molar-refractivity contribution in [1.29, 1.82) is 0 Å². The summed E-state index contributed by atoms with van der Waals surface area (Å²) in [5, 5.41) is 12.6. The highest BCUT2D eigenvalue weighted by molar-refractivity contribution is 6.31. The molecule has 1 aromatic carbocycles. The molecule has 1 aromatic rings. The largest absolute Gasteiger partial charge is 0.394 e. The predicted molar refractivity (Wildman–Crippen MR) is 50.3 cm³/mol. The molecule has 2 nitrogen and oxygen atoms in total. The highest BCUT2D eigenvalue weighted by atomic mass is 35.5. The zero-order chi connectivity index (χ0) is 8.97. The molecule has 1 rings (SSSR count). The van der Waals surface area contributed by atoms with E-state index in [2.05, 4.69) is 5.32 Å². The van der Waals surface area contributed by atoms with Crippen LogP contribution in [0.2, 0.25) is 5.02 Å². The molecule has 0 aliphatic rings. The number of hydrogen-bond acceptors (Lipinski definition) is 2. The van der Waals surface area contributed by atoms with Crippen molar-refractivity contribution in [3.8, 4) is 0 Å². The lowest BCUT2D eigenvalue weighted by molar-refractivity contribution is 0.251. The number of benzene rings is 1. The summed E-state index contributed by atoms with van der Waals surface area (Å²) >= 11 is 5.93. The van der Waals surface area contributed by atoms with Crippen LogP contribution in [-0.4, -0.2) is 18.8 Å². The molecule has 2 N–H and O–H groups in total. The second-order valence-corrected chi connectivity index (χ2v) is 2.95. The average Bonchev–Trinajstić information content (AvgIpc) is 2.10. The first-order valence-corrected chi connectivity index (χ1v) is 4.20. The molecule has 0 fully saturated rings. The summed E-state index contributed by atoms with van der Waals surface area (Å²) in [6.45, 7) is 0.0558. The number of likely N-dealkylation sites (N-methyl/N-ethyl adjacent to an activating group) is 1. The van der Waals surface area contributed by atoms with Crippen LogP contribution in [0.3, 0.4) is 0 Å². The molecule has 12 heavy (non-hydrogen) atoms. The molecule has 0 aromatic heterocycles. The number of hydrogen-bond donors (Lipinski definition) is 2. The fourth-order valence-corrected chi connectivity index (χ4v) is 1.37. The predicted octanol–water partition coefficient (Wildman–Crippen LogP) is 1.59. The van der Waals surface area contributed by atoms with Gasteiger partial charge < -0.3 is 10.4 Å². The smallest absolute Gasteiger partial charge is 0.0626 e. The van der Waals surface area contributed by atoms with E-state index in [-0.39, 0.29) is 12.6 Å². The Morgan fingerprint density at radius 2 is 2.17 bits per heavy atom. The SMILES string of the molecule is CN[C@@H](CO)c1ccccc1Cl. The molecule has 0 unspecified atom stereocenters. The van der Waals surface area contributed by atoms with Crippen LogP contribution < -0.4 is 5.32 Å². The summed E-state index contributed by atoms with van der Waals surface area (Å²) in [6.07, 6.45) is 0. The van der Waals surface area contributed by atoms with Crippen molar-refractivity contribution in [2.24, 2.45) is 0 Å². The molecule has 66 valence electrons. The van der Waals surface area contributed by atoms with E-state index in [1.54, 1.807) is 7.05 Å². The maximum atomic E-state index is 8.98.